The number of piperidine rings is 1. The lowest BCUT2D eigenvalue weighted by Crippen LogP contribution is -2.40. The second-order valence-corrected chi connectivity index (χ2v) is 7.60. The Labute approximate surface area is 150 Å². The van der Waals surface area contributed by atoms with E-state index < -0.39 is 0 Å². The molecule has 1 saturated heterocycles. The molecule has 0 aromatic carbocycles. The van der Waals surface area contributed by atoms with E-state index in [0.29, 0.717) is 17.1 Å². The molecule has 1 aromatic heterocycles. The zero-order valence-corrected chi connectivity index (χ0v) is 15.1. The summed E-state index contributed by atoms with van der Waals surface area (Å²) in [5, 5.41) is 0.555. The zero-order valence-electron chi connectivity index (χ0n) is 14.4. The van der Waals surface area contributed by atoms with E-state index in [2.05, 4.69) is 14.8 Å². The Bertz CT molecular complexity index is 533. The van der Waals surface area contributed by atoms with Crippen LogP contribution in [0.2, 0.25) is 5.15 Å². The molecule has 3 rings (SSSR count). The molecule has 1 atom stereocenters. The lowest BCUT2D eigenvalue weighted by molar-refractivity contribution is -0.121. The normalized spacial score (nSPS) is 22.4. The lowest BCUT2D eigenvalue weighted by atomic mass is 9.92. The summed E-state index contributed by atoms with van der Waals surface area (Å²) < 4.78 is 0. The van der Waals surface area contributed by atoms with Crippen LogP contribution in [0.1, 0.15) is 51.4 Å². The molecule has 1 aromatic rings. The van der Waals surface area contributed by atoms with Gasteiger partial charge >= 0.3 is 0 Å². The van der Waals surface area contributed by atoms with Crippen LogP contribution in [-0.2, 0) is 4.79 Å². The van der Waals surface area contributed by atoms with Crippen LogP contribution in [0.25, 0.3) is 0 Å². The molecule has 0 spiro atoms. The van der Waals surface area contributed by atoms with Gasteiger partial charge in [-0.3, -0.25) is 4.79 Å². The second-order valence-electron chi connectivity index (χ2n) is 7.21. The highest BCUT2D eigenvalue weighted by molar-refractivity contribution is 6.29. The maximum absolute atomic E-state index is 11.5. The summed E-state index contributed by atoms with van der Waals surface area (Å²) in [7, 11) is 0. The van der Waals surface area contributed by atoms with Gasteiger partial charge in [-0.25, -0.2) is 4.98 Å². The number of hydrogen-bond donors (Lipinski definition) is 0. The molecule has 1 aliphatic carbocycles. The number of halogens is 1. The van der Waals surface area contributed by atoms with Gasteiger partial charge in [0.1, 0.15) is 5.15 Å². The molecule has 1 amide bonds. The van der Waals surface area contributed by atoms with Crippen LogP contribution >= 0.6 is 11.6 Å². The highest BCUT2D eigenvalue weighted by Gasteiger charge is 2.24. The van der Waals surface area contributed by atoms with Gasteiger partial charge in [0.2, 0.25) is 6.41 Å². The van der Waals surface area contributed by atoms with Crippen LogP contribution in [0, 0.1) is 5.92 Å². The Morgan fingerprint density at radius 3 is 2.83 bits per heavy atom. The van der Waals surface area contributed by atoms with Crippen molar-refractivity contribution in [2.75, 3.05) is 24.5 Å². The van der Waals surface area contributed by atoms with Crippen molar-refractivity contribution in [3.8, 4) is 0 Å². The minimum atomic E-state index is 0.481. The highest BCUT2D eigenvalue weighted by atomic mass is 35.5. The van der Waals surface area contributed by atoms with Gasteiger partial charge in [-0.15, -0.1) is 0 Å². The molecule has 132 valence electrons. The fourth-order valence-corrected chi connectivity index (χ4v) is 4.36. The molecule has 0 N–H and O–H groups in total. The number of pyridine rings is 1. The van der Waals surface area contributed by atoms with Crippen molar-refractivity contribution in [1.29, 1.82) is 0 Å². The summed E-state index contributed by atoms with van der Waals surface area (Å²) >= 11 is 6.02. The molecule has 1 saturated carbocycles. The van der Waals surface area contributed by atoms with E-state index >= 15 is 0 Å². The Morgan fingerprint density at radius 2 is 2.08 bits per heavy atom. The molecule has 1 aliphatic heterocycles. The lowest BCUT2D eigenvalue weighted by Gasteiger charge is -2.36. The average Bonchev–Trinajstić information content (AvgIpc) is 2.63. The van der Waals surface area contributed by atoms with Crippen molar-refractivity contribution in [2.24, 2.45) is 5.92 Å². The van der Waals surface area contributed by atoms with E-state index in [4.69, 9.17) is 11.6 Å². The second kappa shape index (κ2) is 8.70. The standard InChI is InChI=1S/C19H28ClN3O/c20-19-13-18(8-10-21-19)22-11-4-5-16(14-22)9-12-23(15-24)17-6-2-1-3-7-17/h8,10,13,15-17H,1-7,9,11-12,14H2. The number of carbonyl (C=O) groups is 1. The van der Waals surface area contributed by atoms with Gasteiger partial charge < -0.3 is 9.80 Å². The number of carbonyl (C=O) groups excluding carboxylic acids is 1. The van der Waals surface area contributed by atoms with E-state index in [9.17, 15) is 4.79 Å². The molecule has 2 fully saturated rings. The number of anilines is 1. The van der Waals surface area contributed by atoms with E-state index in [1.54, 1.807) is 6.20 Å². The first-order valence-electron chi connectivity index (χ1n) is 9.34. The Morgan fingerprint density at radius 1 is 1.25 bits per heavy atom. The SMILES string of the molecule is O=CN(CCC1CCCN(c2ccnc(Cl)c2)C1)C1CCCCC1. The molecule has 0 radical (unpaired) electrons. The van der Waals surface area contributed by atoms with E-state index in [0.717, 1.165) is 32.5 Å². The minimum Gasteiger partial charge on any atom is -0.371 e. The van der Waals surface area contributed by atoms with Crippen molar-refractivity contribution in [1.82, 2.24) is 9.88 Å². The molecule has 0 bridgehead atoms. The molecule has 1 unspecified atom stereocenters. The van der Waals surface area contributed by atoms with Crippen molar-refractivity contribution < 1.29 is 4.79 Å². The van der Waals surface area contributed by atoms with Crippen molar-refractivity contribution >= 4 is 23.7 Å². The third kappa shape index (κ3) is 4.62. The van der Waals surface area contributed by atoms with Crippen LogP contribution in [0.15, 0.2) is 18.3 Å². The average molecular weight is 350 g/mol. The van der Waals surface area contributed by atoms with Crippen LogP contribution < -0.4 is 4.90 Å². The first-order chi connectivity index (χ1) is 11.8. The van der Waals surface area contributed by atoms with Crippen molar-refractivity contribution in [3.05, 3.63) is 23.5 Å². The fraction of sp³-hybridized carbons (Fsp3) is 0.684. The highest BCUT2D eigenvalue weighted by Crippen LogP contribution is 2.27. The summed E-state index contributed by atoms with van der Waals surface area (Å²) in [6.45, 7) is 3.04. The van der Waals surface area contributed by atoms with Gasteiger partial charge in [-0.1, -0.05) is 30.9 Å². The maximum atomic E-state index is 11.5. The molecular formula is C19H28ClN3O. The van der Waals surface area contributed by atoms with Crippen molar-refractivity contribution in [3.63, 3.8) is 0 Å². The first kappa shape index (κ1) is 17.5. The fourth-order valence-electron chi connectivity index (χ4n) is 4.19. The van der Waals surface area contributed by atoms with Crippen LogP contribution in [0.3, 0.4) is 0 Å². The van der Waals surface area contributed by atoms with Crippen LogP contribution in [0.5, 0.6) is 0 Å². The Hall–Kier alpha value is -1.29. The molecule has 24 heavy (non-hydrogen) atoms. The smallest absolute Gasteiger partial charge is 0.209 e. The monoisotopic (exact) mass is 349 g/mol. The number of hydrogen-bond acceptors (Lipinski definition) is 3. The van der Waals surface area contributed by atoms with Crippen LogP contribution in [-0.4, -0.2) is 42.0 Å². The predicted octanol–water partition coefficient (Wildman–Crippen LogP) is 4.13. The summed E-state index contributed by atoms with van der Waals surface area (Å²) in [5.74, 6) is 0.650. The summed E-state index contributed by atoms with van der Waals surface area (Å²) in [4.78, 5) is 20.0. The summed E-state index contributed by atoms with van der Waals surface area (Å²) in [5.41, 5.74) is 1.17. The molecule has 2 aliphatic rings. The quantitative estimate of drug-likeness (QED) is 0.572. The Kier molecular flexibility index (Phi) is 6.36. The van der Waals surface area contributed by atoms with Crippen molar-refractivity contribution in [2.45, 2.75) is 57.4 Å². The topological polar surface area (TPSA) is 36.4 Å². The van der Waals surface area contributed by atoms with E-state index in [1.807, 2.05) is 12.1 Å². The summed E-state index contributed by atoms with van der Waals surface area (Å²) in [6.07, 6.45) is 12.7. The number of nitrogens with zero attached hydrogens (tertiary/aromatic N) is 3. The molecule has 5 heteroatoms. The summed E-state index contributed by atoms with van der Waals surface area (Å²) in [6, 6.07) is 4.47. The van der Waals surface area contributed by atoms with Gasteiger partial charge in [0.05, 0.1) is 0 Å². The first-order valence-corrected chi connectivity index (χ1v) is 9.71. The molecule has 4 nitrogen and oxygen atoms in total. The van der Waals surface area contributed by atoms with Gasteiger partial charge in [-0.05, 0) is 50.2 Å². The number of aromatic nitrogens is 1. The van der Waals surface area contributed by atoms with E-state index in [1.165, 1.54) is 50.6 Å². The third-order valence-electron chi connectivity index (χ3n) is 5.57. The predicted molar refractivity (Wildman–Crippen MR) is 98.4 cm³/mol. The number of rotatable bonds is 6. The van der Waals surface area contributed by atoms with Gasteiger partial charge in [0.25, 0.3) is 0 Å². The Balaban J connectivity index is 1.52. The number of amides is 1. The van der Waals surface area contributed by atoms with Gasteiger partial charge in [-0.2, -0.15) is 0 Å². The third-order valence-corrected chi connectivity index (χ3v) is 5.78. The van der Waals surface area contributed by atoms with Gasteiger partial charge in [0.15, 0.2) is 0 Å². The molecular weight excluding hydrogens is 322 g/mol. The van der Waals surface area contributed by atoms with E-state index in [-0.39, 0.29) is 0 Å². The zero-order chi connectivity index (χ0) is 16.8. The largest absolute Gasteiger partial charge is 0.371 e. The van der Waals surface area contributed by atoms with Crippen LogP contribution in [0.4, 0.5) is 5.69 Å². The minimum absolute atomic E-state index is 0.481. The molecule has 2 heterocycles. The maximum Gasteiger partial charge on any atom is 0.209 e. The van der Waals surface area contributed by atoms with Gasteiger partial charge in [0, 0.05) is 37.6 Å².